The maximum atomic E-state index is 13.9. The third-order valence-corrected chi connectivity index (χ3v) is 8.31. The molecule has 3 N–H and O–H groups in total. The number of ether oxygens (including phenoxy) is 3. The Morgan fingerprint density at radius 1 is 0.975 bits per heavy atom. The van der Waals surface area contributed by atoms with Crippen molar-refractivity contribution in [2.24, 2.45) is 0 Å². The van der Waals surface area contributed by atoms with Crippen molar-refractivity contribution in [3.05, 3.63) is 77.0 Å². The Kier molecular flexibility index (Phi) is 7.39. The summed E-state index contributed by atoms with van der Waals surface area (Å²) >= 11 is 0. The van der Waals surface area contributed by atoms with Crippen LogP contribution in [-0.4, -0.2) is 49.0 Å². The smallest absolute Gasteiger partial charge is 0.255 e. The molecule has 1 atom stereocenters. The maximum absolute atomic E-state index is 13.9. The van der Waals surface area contributed by atoms with E-state index in [2.05, 4.69) is 22.4 Å². The number of nitrogens with one attached hydrogen (secondary N) is 2. The highest BCUT2D eigenvalue weighted by Crippen LogP contribution is 2.43. The van der Waals surface area contributed by atoms with Gasteiger partial charge in [-0.3, -0.25) is 4.79 Å². The first-order chi connectivity index (χ1) is 19.6. The van der Waals surface area contributed by atoms with Crippen molar-refractivity contribution in [3.8, 4) is 28.4 Å². The van der Waals surface area contributed by atoms with E-state index in [0.29, 0.717) is 29.2 Å². The summed E-state index contributed by atoms with van der Waals surface area (Å²) in [7, 11) is 3.28. The quantitative estimate of drug-likeness (QED) is 0.257. The third-order valence-electron chi connectivity index (χ3n) is 8.31. The van der Waals surface area contributed by atoms with Gasteiger partial charge in [0.1, 0.15) is 5.75 Å². The summed E-state index contributed by atoms with van der Waals surface area (Å²) in [6.07, 6.45) is 8.57. The SMILES string of the molecule is COc1cc2c(cc1OC)-c1cc(C(=O)NC(CO)Cc3c[nH]c4ccccc34)c(OC3CCCC3)cc1CC2. The van der Waals surface area contributed by atoms with Crippen LogP contribution in [0.1, 0.15) is 52.7 Å². The van der Waals surface area contributed by atoms with Crippen molar-refractivity contribution < 1.29 is 24.1 Å². The van der Waals surface area contributed by atoms with E-state index in [4.69, 9.17) is 14.2 Å². The molecule has 1 fully saturated rings. The second-order valence-corrected chi connectivity index (χ2v) is 10.8. The van der Waals surface area contributed by atoms with E-state index in [9.17, 15) is 9.90 Å². The summed E-state index contributed by atoms with van der Waals surface area (Å²) in [5, 5.41) is 14.4. The molecule has 1 unspecified atom stereocenters. The molecule has 0 saturated heterocycles. The number of H-pyrrole nitrogens is 1. The van der Waals surface area contributed by atoms with Crippen molar-refractivity contribution in [1.29, 1.82) is 0 Å². The predicted molar refractivity (Wildman–Crippen MR) is 156 cm³/mol. The van der Waals surface area contributed by atoms with Crippen molar-refractivity contribution >= 4 is 16.8 Å². The van der Waals surface area contributed by atoms with Gasteiger partial charge >= 0.3 is 0 Å². The molecule has 0 radical (unpaired) electrons. The zero-order chi connectivity index (χ0) is 27.6. The molecule has 40 heavy (non-hydrogen) atoms. The van der Waals surface area contributed by atoms with Crippen LogP contribution in [0, 0.1) is 0 Å². The Bertz CT molecular complexity index is 1540. The lowest BCUT2D eigenvalue weighted by Gasteiger charge is -2.25. The van der Waals surface area contributed by atoms with Gasteiger partial charge in [-0.05, 0) is 103 Å². The van der Waals surface area contributed by atoms with Gasteiger partial charge in [0.25, 0.3) is 5.91 Å². The zero-order valence-electron chi connectivity index (χ0n) is 23.1. The molecule has 1 saturated carbocycles. The lowest BCUT2D eigenvalue weighted by atomic mass is 9.84. The number of aryl methyl sites for hydroxylation is 2. The predicted octanol–water partition coefficient (Wildman–Crippen LogP) is 5.61. The number of aliphatic hydroxyl groups excluding tert-OH is 1. The molecular formula is C33H36N2O5. The number of aromatic amines is 1. The topological polar surface area (TPSA) is 92.8 Å². The van der Waals surface area contributed by atoms with Crippen LogP contribution < -0.4 is 19.5 Å². The Hall–Kier alpha value is -3.97. The van der Waals surface area contributed by atoms with Gasteiger partial charge in [-0.1, -0.05) is 18.2 Å². The third kappa shape index (κ3) is 5.02. The Morgan fingerprint density at radius 2 is 1.65 bits per heavy atom. The standard InChI is InChI=1S/C33H36N2O5/c1-38-31-15-21-12-11-20-14-30(40-24-7-3-4-8-24)28(16-26(20)27(21)17-32(31)39-2)33(37)35-23(19-36)13-22-18-34-29-10-6-5-9-25(22)29/h5-6,9-10,14-18,23-24,34,36H,3-4,7-8,11-13,19H2,1-2H3,(H,35,37). The second-order valence-electron chi connectivity index (χ2n) is 10.8. The molecule has 3 aromatic carbocycles. The number of carbonyl (C=O) groups excluding carboxylic acids is 1. The molecule has 1 aromatic heterocycles. The highest BCUT2D eigenvalue weighted by Gasteiger charge is 2.27. The number of fused-ring (bicyclic) bond motifs is 4. The number of amides is 1. The highest BCUT2D eigenvalue weighted by atomic mass is 16.5. The number of benzene rings is 3. The number of aliphatic hydroxyl groups is 1. The number of carbonyl (C=O) groups is 1. The number of methoxy groups -OCH3 is 2. The first-order valence-electron chi connectivity index (χ1n) is 14.1. The molecule has 4 aromatic rings. The zero-order valence-corrected chi connectivity index (χ0v) is 23.1. The first kappa shape index (κ1) is 26.3. The molecule has 208 valence electrons. The first-order valence-corrected chi connectivity index (χ1v) is 14.1. The second kappa shape index (κ2) is 11.3. The van der Waals surface area contributed by atoms with E-state index in [-0.39, 0.29) is 18.6 Å². The van der Waals surface area contributed by atoms with Crippen LogP contribution in [0.5, 0.6) is 17.2 Å². The van der Waals surface area contributed by atoms with Crippen molar-refractivity contribution in [3.63, 3.8) is 0 Å². The van der Waals surface area contributed by atoms with Crippen LogP contribution in [0.2, 0.25) is 0 Å². The Labute approximate surface area is 234 Å². The van der Waals surface area contributed by atoms with Gasteiger partial charge in [-0.25, -0.2) is 0 Å². The van der Waals surface area contributed by atoms with Gasteiger partial charge in [0.15, 0.2) is 11.5 Å². The normalized spacial score (nSPS) is 15.4. The number of aromatic nitrogens is 1. The average molecular weight is 541 g/mol. The van der Waals surface area contributed by atoms with Crippen molar-refractivity contribution in [2.45, 2.75) is 57.1 Å². The van der Waals surface area contributed by atoms with Crippen LogP contribution in [0.15, 0.2) is 54.7 Å². The van der Waals surface area contributed by atoms with Gasteiger partial charge in [0.2, 0.25) is 0 Å². The molecule has 7 heteroatoms. The van der Waals surface area contributed by atoms with E-state index in [1.807, 2.05) is 42.6 Å². The number of hydrogen-bond donors (Lipinski definition) is 3. The maximum Gasteiger partial charge on any atom is 0.255 e. The Balaban J connectivity index is 1.35. The molecule has 1 amide bonds. The summed E-state index contributed by atoms with van der Waals surface area (Å²) in [4.78, 5) is 17.1. The van der Waals surface area contributed by atoms with Crippen LogP contribution >= 0.6 is 0 Å². The Morgan fingerprint density at radius 3 is 2.38 bits per heavy atom. The molecule has 6 rings (SSSR count). The van der Waals surface area contributed by atoms with Crippen molar-refractivity contribution in [2.75, 3.05) is 20.8 Å². The van der Waals surface area contributed by atoms with Crippen LogP contribution in [0.3, 0.4) is 0 Å². The van der Waals surface area contributed by atoms with Crippen molar-refractivity contribution in [1.82, 2.24) is 10.3 Å². The molecule has 2 aliphatic carbocycles. The number of rotatable bonds is 9. The van der Waals surface area contributed by atoms with Crippen LogP contribution in [0.4, 0.5) is 0 Å². The van der Waals surface area contributed by atoms with E-state index >= 15 is 0 Å². The van der Waals surface area contributed by atoms with E-state index in [1.54, 1.807) is 14.2 Å². The molecular weight excluding hydrogens is 504 g/mol. The molecule has 1 heterocycles. The van der Waals surface area contributed by atoms with Gasteiger partial charge in [-0.2, -0.15) is 0 Å². The minimum atomic E-state index is -0.446. The fourth-order valence-electron chi connectivity index (χ4n) is 6.18. The van der Waals surface area contributed by atoms with Gasteiger partial charge < -0.3 is 29.6 Å². The van der Waals surface area contributed by atoms with E-state index < -0.39 is 6.04 Å². The van der Waals surface area contributed by atoms with Gasteiger partial charge in [-0.15, -0.1) is 0 Å². The van der Waals surface area contributed by atoms with E-state index in [1.165, 1.54) is 0 Å². The average Bonchev–Trinajstić information content (AvgIpc) is 3.65. The summed E-state index contributed by atoms with van der Waals surface area (Å²) in [6.45, 7) is -0.172. The fraction of sp³-hybridized carbons (Fsp3) is 0.364. The summed E-state index contributed by atoms with van der Waals surface area (Å²) in [5.74, 6) is 1.73. The summed E-state index contributed by atoms with van der Waals surface area (Å²) < 4.78 is 17.6. The molecule has 0 bridgehead atoms. The fourth-order valence-corrected chi connectivity index (χ4v) is 6.18. The highest BCUT2D eigenvalue weighted by molar-refractivity contribution is 5.99. The summed E-state index contributed by atoms with van der Waals surface area (Å²) in [6, 6.07) is 15.6. The molecule has 7 nitrogen and oxygen atoms in total. The van der Waals surface area contributed by atoms with Gasteiger partial charge in [0, 0.05) is 17.1 Å². The van der Waals surface area contributed by atoms with Crippen LogP contribution in [-0.2, 0) is 19.3 Å². The molecule has 0 aliphatic heterocycles. The lowest BCUT2D eigenvalue weighted by Crippen LogP contribution is -2.39. The monoisotopic (exact) mass is 540 g/mol. The molecule has 0 spiro atoms. The minimum absolute atomic E-state index is 0.115. The lowest BCUT2D eigenvalue weighted by molar-refractivity contribution is 0.0909. The van der Waals surface area contributed by atoms with Gasteiger partial charge in [0.05, 0.1) is 38.5 Å². The summed E-state index contributed by atoms with van der Waals surface area (Å²) in [5.41, 5.74) is 6.94. The minimum Gasteiger partial charge on any atom is -0.493 e. The largest absolute Gasteiger partial charge is 0.493 e. The number of para-hydroxylation sites is 1. The van der Waals surface area contributed by atoms with E-state index in [0.717, 1.165) is 77.2 Å². The van der Waals surface area contributed by atoms with Crippen LogP contribution in [0.25, 0.3) is 22.0 Å². The molecule has 2 aliphatic rings. The number of hydrogen-bond acceptors (Lipinski definition) is 5.